The van der Waals surface area contributed by atoms with Gasteiger partial charge in [-0.15, -0.1) is 0 Å². The number of nitrogens with zero attached hydrogens (tertiary/aromatic N) is 2. The molecule has 56 heavy (non-hydrogen) atoms. The molecule has 0 aliphatic carbocycles. The Balaban J connectivity index is 1.04. The predicted octanol–water partition coefficient (Wildman–Crippen LogP) is 7.87. The summed E-state index contributed by atoms with van der Waals surface area (Å²) >= 11 is 12.8. The van der Waals surface area contributed by atoms with E-state index in [-0.39, 0.29) is 34.9 Å². The van der Waals surface area contributed by atoms with E-state index >= 15 is 0 Å². The zero-order valence-electron chi connectivity index (χ0n) is 30.8. The van der Waals surface area contributed by atoms with Gasteiger partial charge in [0.25, 0.3) is 0 Å². The zero-order valence-corrected chi connectivity index (χ0v) is 32.3. The summed E-state index contributed by atoms with van der Waals surface area (Å²) in [5.74, 6) is 1.40. The molecule has 0 unspecified atom stereocenters. The normalized spacial score (nSPS) is 18.4. The van der Waals surface area contributed by atoms with Crippen molar-refractivity contribution in [1.82, 2.24) is 10.2 Å². The number of hydrogen-bond donors (Lipinski definition) is 1. The van der Waals surface area contributed by atoms with Gasteiger partial charge in [-0.1, -0.05) is 71.7 Å². The third-order valence-corrected chi connectivity index (χ3v) is 10.8. The number of piperidine rings is 3. The molecule has 3 saturated heterocycles. The Bertz CT molecular complexity index is 2130. The summed E-state index contributed by atoms with van der Waals surface area (Å²) in [5.41, 5.74) is 2.67. The highest BCUT2D eigenvalue weighted by atomic mass is 35.5. The van der Waals surface area contributed by atoms with Crippen LogP contribution >= 0.6 is 23.2 Å². The fraction of sp³-hybridized carbons (Fsp3) is 0.310. The minimum atomic E-state index is -0.911. The van der Waals surface area contributed by atoms with Crippen molar-refractivity contribution < 1.29 is 42.4 Å². The van der Waals surface area contributed by atoms with E-state index in [4.69, 9.17) is 51.3 Å². The maximum atomic E-state index is 13.5. The number of esters is 1. The minimum absolute atomic E-state index is 0.00527. The van der Waals surface area contributed by atoms with Crippen LogP contribution in [-0.4, -0.2) is 56.9 Å². The first-order valence-electron chi connectivity index (χ1n) is 18.2. The lowest BCUT2D eigenvalue weighted by Gasteiger charge is -2.43. The Morgan fingerprint density at radius 3 is 2.32 bits per heavy atom. The molecule has 0 radical (unpaired) electrons. The molecule has 8 rings (SSSR count). The fourth-order valence-corrected chi connectivity index (χ4v) is 7.82. The van der Waals surface area contributed by atoms with Crippen LogP contribution in [0.15, 0.2) is 102 Å². The molecule has 3 fully saturated rings. The number of nitrogens with one attached hydrogen (secondary N) is 1. The number of ether oxygens (including phenoxy) is 5. The molecule has 14 heteroatoms. The van der Waals surface area contributed by atoms with Crippen molar-refractivity contribution in [3.05, 3.63) is 146 Å². The average molecular weight is 803 g/mol. The highest BCUT2D eigenvalue weighted by molar-refractivity contribution is 6.35. The number of benzene rings is 3. The van der Waals surface area contributed by atoms with Crippen LogP contribution in [0.5, 0.6) is 17.2 Å². The number of alkyl carbamates (subject to hydrolysis) is 1. The molecule has 5 aromatic rings. The quantitative estimate of drug-likeness (QED) is 0.0672. The van der Waals surface area contributed by atoms with Crippen molar-refractivity contribution in [2.45, 2.75) is 44.1 Å². The van der Waals surface area contributed by atoms with Crippen LogP contribution < -0.4 is 24.3 Å². The van der Waals surface area contributed by atoms with Crippen LogP contribution in [0, 0.1) is 11.1 Å². The molecule has 1 N–H and O–H groups in total. The number of hydrogen-bond acceptors (Lipinski definition) is 10. The van der Waals surface area contributed by atoms with Crippen molar-refractivity contribution >= 4 is 35.3 Å². The van der Waals surface area contributed by atoms with E-state index in [0.29, 0.717) is 44.8 Å². The number of furan rings is 1. The monoisotopic (exact) mass is 801 g/mol. The first-order valence-corrected chi connectivity index (χ1v) is 19.0. The Labute approximate surface area is 334 Å². The standard InChI is InChI=1S/C42H41Cl2N3O9/c1-51-35-13-11-28(20-38(35)52-2)37(21-32-33(43)22-47(50)23-34(32)44)55-41(48)36-14-12-31(54-36)25-53-30-10-6-9-29(19-30)40(27-7-4-3-5-8-27)45-42(49)56-39-24-46-17-15-26(39)16-18-46/h3-14,19-20,22-23,26,37,39-40H,15-18,21,24-25H2,1-2H3,(H,45,49)/t37-,39-,40-/m0/s1. The van der Waals surface area contributed by atoms with Crippen LogP contribution in [0.3, 0.4) is 0 Å². The maximum absolute atomic E-state index is 13.5. The minimum Gasteiger partial charge on any atom is -0.619 e. The summed E-state index contributed by atoms with van der Waals surface area (Å²) in [5, 5.41) is 15.2. The van der Waals surface area contributed by atoms with Gasteiger partial charge < -0.3 is 38.6 Å². The van der Waals surface area contributed by atoms with Crippen LogP contribution in [0.4, 0.5) is 4.79 Å². The molecule has 3 aliphatic rings. The predicted molar refractivity (Wildman–Crippen MR) is 207 cm³/mol. The summed E-state index contributed by atoms with van der Waals surface area (Å²) in [6.45, 7) is 2.89. The van der Waals surface area contributed by atoms with E-state index in [2.05, 4.69) is 10.2 Å². The molecule has 0 spiro atoms. The molecule has 0 saturated carbocycles. The third-order valence-electron chi connectivity index (χ3n) is 10.2. The lowest BCUT2D eigenvalue weighted by Crippen LogP contribution is -2.52. The molecular weight excluding hydrogens is 761 g/mol. The van der Waals surface area contributed by atoms with Gasteiger partial charge in [-0.05, 0) is 84.9 Å². The second kappa shape index (κ2) is 17.6. The maximum Gasteiger partial charge on any atom is 0.408 e. The summed E-state index contributed by atoms with van der Waals surface area (Å²) in [6, 6.07) is 24.9. The van der Waals surface area contributed by atoms with Gasteiger partial charge in [-0.25, -0.2) is 9.59 Å². The molecule has 3 aliphatic heterocycles. The van der Waals surface area contributed by atoms with Crippen molar-refractivity contribution in [2.75, 3.05) is 33.9 Å². The van der Waals surface area contributed by atoms with Gasteiger partial charge in [0.2, 0.25) is 5.76 Å². The van der Waals surface area contributed by atoms with E-state index in [1.54, 1.807) is 30.3 Å². The summed E-state index contributed by atoms with van der Waals surface area (Å²) in [4.78, 5) is 29.1. The molecule has 1 amide bonds. The smallest absolute Gasteiger partial charge is 0.408 e. The van der Waals surface area contributed by atoms with Crippen LogP contribution in [-0.2, 0) is 22.5 Å². The third kappa shape index (κ3) is 9.15. The summed E-state index contributed by atoms with van der Waals surface area (Å²) in [7, 11) is 3.01. The number of methoxy groups -OCH3 is 2. The molecule has 2 aromatic heterocycles. The topological polar surface area (TPSA) is 136 Å². The number of carbonyl (C=O) groups excluding carboxylic acids is 2. The lowest BCUT2D eigenvalue weighted by molar-refractivity contribution is -0.605. The number of pyridine rings is 1. The molecule has 292 valence electrons. The van der Waals surface area contributed by atoms with E-state index in [9.17, 15) is 14.8 Å². The first kappa shape index (κ1) is 38.8. The number of amides is 1. The molecule has 3 aromatic carbocycles. The Morgan fingerprint density at radius 2 is 1.62 bits per heavy atom. The van der Waals surface area contributed by atoms with Crippen LogP contribution in [0.1, 0.15) is 63.6 Å². The van der Waals surface area contributed by atoms with Gasteiger partial charge >= 0.3 is 12.1 Å². The van der Waals surface area contributed by atoms with Gasteiger partial charge in [-0.3, -0.25) is 4.90 Å². The molecular formula is C42H41Cl2N3O9. The highest BCUT2D eigenvalue weighted by Crippen LogP contribution is 2.36. The number of rotatable bonds is 14. The van der Waals surface area contributed by atoms with Crippen LogP contribution in [0.2, 0.25) is 10.0 Å². The summed E-state index contributed by atoms with van der Waals surface area (Å²) < 4.78 is 35.3. The van der Waals surface area contributed by atoms with Gasteiger partial charge in [0, 0.05) is 18.5 Å². The second-order valence-electron chi connectivity index (χ2n) is 13.7. The Morgan fingerprint density at radius 1 is 0.893 bits per heavy atom. The van der Waals surface area contributed by atoms with Crippen molar-refractivity contribution in [2.24, 2.45) is 5.92 Å². The van der Waals surface area contributed by atoms with E-state index in [1.165, 1.54) is 32.7 Å². The highest BCUT2D eigenvalue weighted by Gasteiger charge is 2.37. The molecule has 2 bridgehead atoms. The van der Waals surface area contributed by atoms with E-state index in [1.807, 2.05) is 48.5 Å². The fourth-order valence-electron chi connectivity index (χ4n) is 7.22. The lowest BCUT2D eigenvalue weighted by atomic mass is 9.86. The van der Waals surface area contributed by atoms with E-state index in [0.717, 1.165) is 43.6 Å². The molecule has 5 heterocycles. The molecule has 12 nitrogen and oxygen atoms in total. The number of carbonyl (C=O) groups is 2. The zero-order chi connectivity index (χ0) is 39.2. The van der Waals surface area contributed by atoms with Crippen molar-refractivity contribution in [3.63, 3.8) is 0 Å². The van der Waals surface area contributed by atoms with Crippen molar-refractivity contribution in [3.8, 4) is 17.2 Å². The Kier molecular flexibility index (Phi) is 12.2. The average Bonchev–Trinajstić information content (AvgIpc) is 3.70. The number of aromatic nitrogens is 1. The SMILES string of the molecule is COc1ccc([C@H](Cc2c(Cl)c[n+]([O-])cc2Cl)OC(=O)c2ccc(COc3cccc([C@@H](NC(=O)O[C@H]4CN5CCC4CC5)c4ccccc4)c3)o2)cc1OC. The van der Waals surface area contributed by atoms with Gasteiger partial charge in [0.15, 0.2) is 23.9 Å². The van der Waals surface area contributed by atoms with E-state index < -0.39 is 24.2 Å². The van der Waals surface area contributed by atoms with Gasteiger partial charge in [0.05, 0.1) is 20.3 Å². The number of fused-ring (bicyclic) bond motifs is 3. The first-order chi connectivity index (χ1) is 27.2. The second-order valence-corrected chi connectivity index (χ2v) is 14.5. The van der Waals surface area contributed by atoms with Gasteiger partial charge in [-0.2, -0.15) is 4.73 Å². The van der Waals surface area contributed by atoms with Crippen LogP contribution in [0.25, 0.3) is 0 Å². The van der Waals surface area contributed by atoms with Gasteiger partial charge in [0.1, 0.15) is 40.4 Å². The van der Waals surface area contributed by atoms with Crippen molar-refractivity contribution in [1.29, 1.82) is 0 Å². The summed E-state index contributed by atoms with van der Waals surface area (Å²) in [6.07, 6.45) is 2.99. The Hall–Kier alpha value is -5.43. The largest absolute Gasteiger partial charge is 0.619 e. The molecule has 3 atom stereocenters. The number of halogens is 2.